The second kappa shape index (κ2) is 6.75. The van der Waals surface area contributed by atoms with Crippen LogP contribution in [0.4, 0.5) is 0 Å². The Balaban J connectivity index is 2.18. The summed E-state index contributed by atoms with van der Waals surface area (Å²) in [6, 6.07) is 9.43. The van der Waals surface area contributed by atoms with E-state index in [2.05, 4.69) is 49.5 Å². The summed E-state index contributed by atoms with van der Waals surface area (Å²) in [6.45, 7) is 5.47. The molecule has 1 aromatic carbocycles. The minimum Gasteiger partial charge on any atom is -0.307 e. The van der Waals surface area contributed by atoms with Gasteiger partial charge in [-0.1, -0.05) is 48.4 Å². The van der Waals surface area contributed by atoms with Gasteiger partial charge in [0.2, 0.25) is 0 Å². The molecule has 98 valence electrons. The first-order valence-corrected chi connectivity index (χ1v) is 7.30. The highest BCUT2D eigenvalue weighted by Gasteiger charge is 2.17. The summed E-state index contributed by atoms with van der Waals surface area (Å²) in [5, 5.41) is 3.71. The van der Waals surface area contributed by atoms with Crippen molar-refractivity contribution in [2.45, 2.75) is 52.0 Å². The summed E-state index contributed by atoms with van der Waals surface area (Å²) in [5.74, 6) is 0. The van der Waals surface area contributed by atoms with Crippen molar-refractivity contribution in [3.8, 4) is 0 Å². The zero-order valence-corrected chi connectivity index (χ0v) is 11.7. The minimum atomic E-state index is 0.436. The molecule has 1 nitrogen and oxygen atoms in total. The van der Waals surface area contributed by atoms with Gasteiger partial charge in [-0.05, 0) is 51.1 Å². The molecule has 1 N–H and O–H groups in total. The Kier molecular flexibility index (Phi) is 5.00. The molecule has 0 spiro atoms. The third-order valence-electron chi connectivity index (χ3n) is 3.71. The van der Waals surface area contributed by atoms with Crippen molar-refractivity contribution in [1.29, 1.82) is 0 Å². The zero-order chi connectivity index (χ0) is 12.8. The van der Waals surface area contributed by atoms with Crippen LogP contribution in [0.1, 0.15) is 56.2 Å². The molecule has 0 fully saturated rings. The molecule has 0 heterocycles. The van der Waals surface area contributed by atoms with Crippen LogP contribution >= 0.6 is 0 Å². The summed E-state index contributed by atoms with van der Waals surface area (Å²) in [4.78, 5) is 0. The van der Waals surface area contributed by atoms with E-state index in [0.717, 1.165) is 6.54 Å². The van der Waals surface area contributed by atoms with Crippen molar-refractivity contribution in [3.05, 3.63) is 47.0 Å². The Morgan fingerprint density at radius 2 is 1.94 bits per heavy atom. The fraction of sp³-hybridized carbons (Fsp3) is 0.529. The summed E-state index contributed by atoms with van der Waals surface area (Å²) in [5.41, 5.74) is 4.35. The Morgan fingerprint density at radius 1 is 1.17 bits per heavy atom. The van der Waals surface area contributed by atoms with E-state index < -0.39 is 0 Å². The smallest absolute Gasteiger partial charge is 0.0536 e. The van der Waals surface area contributed by atoms with E-state index >= 15 is 0 Å². The Hall–Kier alpha value is -1.08. The number of benzene rings is 1. The highest BCUT2D eigenvalue weighted by atomic mass is 14.9. The van der Waals surface area contributed by atoms with E-state index in [4.69, 9.17) is 0 Å². The maximum Gasteiger partial charge on any atom is 0.0536 e. The molecule has 0 amide bonds. The van der Waals surface area contributed by atoms with Crippen LogP contribution in [0.15, 0.2) is 35.9 Å². The molecule has 0 aromatic heterocycles. The van der Waals surface area contributed by atoms with Gasteiger partial charge in [-0.25, -0.2) is 0 Å². The van der Waals surface area contributed by atoms with Gasteiger partial charge in [0.05, 0.1) is 6.04 Å². The molecule has 0 radical (unpaired) electrons. The summed E-state index contributed by atoms with van der Waals surface area (Å²) < 4.78 is 0. The van der Waals surface area contributed by atoms with Gasteiger partial charge in [-0.2, -0.15) is 0 Å². The van der Waals surface area contributed by atoms with Gasteiger partial charge in [0.25, 0.3) is 0 Å². The molecule has 0 bridgehead atoms. The molecule has 2 rings (SSSR count). The van der Waals surface area contributed by atoms with Crippen LogP contribution in [0, 0.1) is 6.92 Å². The van der Waals surface area contributed by atoms with E-state index in [0.29, 0.717) is 6.04 Å². The Labute approximate surface area is 111 Å². The van der Waals surface area contributed by atoms with Crippen LogP contribution in [0.2, 0.25) is 0 Å². The molecular weight excluding hydrogens is 218 g/mol. The molecule has 0 aliphatic heterocycles. The van der Waals surface area contributed by atoms with E-state index in [1.807, 2.05) is 0 Å². The van der Waals surface area contributed by atoms with E-state index in [9.17, 15) is 0 Å². The average molecular weight is 243 g/mol. The summed E-state index contributed by atoms with van der Waals surface area (Å²) in [6.07, 6.45) is 8.87. The Bertz CT molecular complexity index is 389. The van der Waals surface area contributed by atoms with Crippen LogP contribution < -0.4 is 5.32 Å². The fourth-order valence-corrected chi connectivity index (χ4v) is 2.64. The molecular formula is C17H25N. The fourth-order valence-electron chi connectivity index (χ4n) is 2.64. The maximum absolute atomic E-state index is 3.71. The van der Waals surface area contributed by atoms with Gasteiger partial charge < -0.3 is 5.32 Å². The summed E-state index contributed by atoms with van der Waals surface area (Å²) in [7, 11) is 0. The van der Waals surface area contributed by atoms with Gasteiger partial charge in [0, 0.05) is 0 Å². The van der Waals surface area contributed by atoms with Gasteiger partial charge in [0.15, 0.2) is 0 Å². The summed E-state index contributed by atoms with van der Waals surface area (Å²) >= 11 is 0. The monoisotopic (exact) mass is 243 g/mol. The predicted octanol–water partition coefficient (Wildman–Crippen LogP) is 4.54. The SMILES string of the molecule is CCCNC(C1=CCCCC1)c1ccc(C)cc1. The number of hydrogen-bond donors (Lipinski definition) is 1. The standard InChI is InChI=1S/C17H25N/c1-3-13-18-17(15-7-5-4-6-8-15)16-11-9-14(2)10-12-16/h7,9-12,17-18H,3-6,8,13H2,1-2H3. The lowest BCUT2D eigenvalue weighted by atomic mass is 9.89. The first-order valence-electron chi connectivity index (χ1n) is 7.30. The van der Waals surface area contributed by atoms with Gasteiger partial charge in [0.1, 0.15) is 0 Å². The lowest BCUT2D eigenvalue weighted by Crippen LogP contribution is -2.24. The zero-order valence-electron chi connectivity index (χ0n) is 11.7. The van der Waals surface area contributed by atoms with Crippen molar-refractivity contribution in [2.75, 3.05) is 6.54 Å². The quantitative estimate of drug-likeness (QED) is 0.749. The number of rotatable bonds is 5. The molecule has 0 saturated heterocycles. The maximum atomic E-state index is 3.71. The van der Waals surface area contributed by atoms with Gasteiger partial charge in [-0.3, -0.25) is 0 Å². The van der Waals surface area contributed by atoms with Crippen LogP contribution in [-0.2, 0) is 0 Å². The van der Waals surface area contributed by atoms with Crippen molar-refractivity contribution in [2.24, 2.45) is 0 Å². The van der Waals surface area contributed by atoms with Crippen molar-refractivity contribution in [1.82, 2.24) is 5.32 Å². The lowest BCUT2D eigenvalue weighted by Gasteiger charge is -2.25. The van der Waals surface area contributed by atoms with Crippen LogP contribution in [0.5, 0.6) is 0 Å². The third kappa shape index (κ3) is 3.46. The largest absolute Gasteiger partial charge is 0.307 e. The van der Waals surface area contributed by atoms with Crippen LogP contribution in [-0.4, -0.2) is 6.54 Å². The van der Waals surface area contributed by atoms with Crippen molar-refractivity contribution >= 4 is 0 Å². The first-order chi connectivity index (χ1) is 8.81. The van der Waals surface area contributed by atoms with Crippen molar-refractivity contribution < 1.29 is 0 Å². The number of aryl methyl sites for hydroxylation is 1. The van der Waals surface area contributed by atoms with E-state index in [-0.39, 0.29) is 0 Å². The van der Waals surface area contributed by atoms with E-state index in [1.54, 1.807) is 5.57 Å². The van der Waals surface area contributed by atoms with Gasteiger partial charge in [-0.15, -0.1) is 0 Å². The Morgan fingerprint density at radius 3 is 2.56 bits per heavy atom. The number of allylic oxidation sites excluding steroid dienone is 1. The minimum absolute atomic E-state index is 0.436. The third-order valence-corrected chi connectivity index (χ3v) is 3.71. The molecule has 18 heavy (non-hydrogen) atoms. The molecule has 0 saturated carbocycles. The molecule has 1 aromatic rings. The predicted molar refractivity (Wildman–Crippen MR) is 78.8 cm³/mol. The highest BCUT2D eigenvalue weighted by Crippen LogP contribution is 2.29. The van der Waals surface area contributed by atoms with E-state index in [1.165, 1.54) is 43.2 Å². The lowest BCUT2D eigenvalue weighted by molar-refractivity contribution is 0.547. The molecule has 1 unspecified atom stereocenters. The topological polar surface area (TPSA) is 12.0 Å². The van der Waals surface area contributed by atoms with Crippen molar-refractivity contribution in [3.63, 3.8) is 0 Å². The molecule has 1 aliphatic carbocycles. The molecule has 1 heteroatoms. The number of nitrogens with one attached hydrogen (secondary N) is 1. The normalized spacial score (nSPS) is 17.3. The highest BCUT2D eigenvalue weighted by molar-refractivity contribution is 5.31. The second-order valence-corrected chi connectivity index (χ2v) is 5.32. The van der Waals surface area contributed by atoms with Gasteiger partial charge >= 0.3 is 0 Å². The van der Waals surface area contributed by atoms with Crippen LogP contribution in [0.3, 0.4) is 0 Å². The first kappa shape index (κ1) is 13.4. The molecule has 1 atom stereocenters. The average Bonchev–Trinajstić information content (AvgIpc) is 2.42. The second-order valence-electron chi connectivity index (χ2n) is 5.32. The molecule has 1 aliphatic rings. The van der Waals surface area contributed by atoms with Crippen LogP contribution in [0.25, 0.3) is 0 Å². The number of hydrogen-bond acceptors (Lipinski definition) is 1.